The quantitative estimate of drug-likeness (QED) is 0.615. The van der Waals surface area contributed by atoms with E-state index in [4.69, 9.17) is 16.3 Å². The van der Waals surface area contributed by atoms with Crippen molar-refractivity contribution in [1.29, 1.82) is 0 Å². The molecule has 25 heavy (non-hydrogen) atoms. The fourth-order valence-corrected chi connectivity index (χ4v) is 2.88. The molecule has 0 spiro atoms. The number of aromatic nitrogens is 1. The van der Waals surface area contributed by atoms with Crippen molar-refractivity contribution in [3.05, 3.63) is 27.4 Å². The van der Waals surface area contributed by atoms with Crippen molar-refractivity contribution in [2.45, 2.75) is 64.1 Å². The molecule has 1 heterocycles. The average Bonchev–Trinajstić information content (AvgIpc) is 2.49. The highest BCUT2D eigenvalue weighted by Gasteiger charge is 2.26. The summed E-state index contributed by atoms with van der Waals surface area (Å²) < 4.78 is 5.25. The topological polar surface area (TPSA) is 106 Å². The Labute approximate surface area is 151 Å². The zero-order valence-corrected chi connectivity index (χ0v) is 15.3. The molecule has 1 aliphatic rings. The van der Waals surface area contributed by atoms with Crippen molar-refractivity contribution in [3.8, 4) is 0 Å². The van der Waals surface area contributed by atoms with Gasteiger partial charge >= 0.3 is 11.8 Å². The molecular formula is C16H23ClN4O4. The van der Waals surface area contributed by atoms with E-state index in [9.17, 15) is 14.9 Å². The SMILES string of the molecule is CC(C)(C)OC(=O)NC1CCC(Nc2ncc(Cl)cc2[N+](=O)[O-])CC1. The van der Waals surface area contributed by atoms with Crippen LogP contribution in [0.1, 0.15) is 46.5 Å². The number of nitrogens with zero attached hydrogens (tertiary/aromatic N) is 2. The van der Waals surface area contributed by atoms with Crippen LogP contribution < -0.4 is 10.6 Å². The Morgan fingerprint density at radius 3 is 2.48 bits per heavy atom. The number of halogens is 1. The first-order valence-corrected chi connectivity index (χ1v) is 8.58. The Morgan fingerprint density at radius 2 is 1.92 bits per heavy atom. The highest BCUT2D eigenvalue weighted by atomic mass is 35.5. The summed E-state index contributed by atoms with van der Waals surface area (Å²) in [6.45, 7) is 5.46. The summed E-state index contributed by atoms with van der Waals surface area (Å²) in [5, 5.41) is 17.3. The predicted molar refractivity (Wildman–Crippen MR) is 94.9 cm³/mol. The lowest BCUT2D eigenvalue weighted by Crippen LogP contribution is -2.42. The number of nitrogens with one attached hydrogen (secondary N) is 2. The van der Waals surface area contributed by atoms with Gasteiger partial charge in [0.2, 0.25) is 5.82 Å². The molecule has 0 unspecified atom stereocenters. The minimum absolute atomic E-state index is 0.0427. The summed E-state index contributed by atoms with van der Waals surface area (Å²) in [4.78, 5) is 26.4. The Kier molecular flexibility index (Phi) is 6.05. The molecule has 1 aromatic heterocycles. The summed E-state index contributed by atoms with van der Waals surface area (Å²) in [7, 11) is 0. The van der Waals surface area contributed by atoms with Crippen molar-refractivity contribution in [2.24, 2.45) is 0 Å². The molecule has 1 amide bonds. The van der Waals surface area contributed by atoms with Crippen molar-refractivity contribution in [2.75, 3.05) is 5.32 Å². The maximum atomic E-state index is 11.8. The third-order valence-corrected chi connectivity index (χ3v) is 4.03. The van der Waals surface area contributed by atoms with Crippen LogP contribution in [-0.4, -0.2) is 33.7 Å². The Bertz CT molecular complexity index is 640. The normalized spacial score (nSPS) is 20.6. The monoisotopic (exact) mass is 370 g/mol. The van der Waals surface area contributed by atoms with E-state index in [2.05, 4.69) is 15.6 Å². The minimum Gasteiger partial charge on any atom is -0.444 e. The lowest BCUT2D eigenvalue weighted by molar-refractivity contribution is -0.384. The average molecular weight is 371 g/mol. The molecule has 138 valence electrons. The first-order chi connectivity index (χ1) is 11.6. The van der Waals surface area contributed by atoms with Gasteiger partial charge in [0.1, 0.15) is 5.60 Å². The Balaban J connectivity index is 1.87. The number of anilines is 1. The summed E-state index contributed by atoms with van der Waals surface area (Å²) >= 11 is 5.77. The largest absolute Gasteiger partial charge is 0.444 e. The maximum Gasteiger partial charge on any atom is 0.407 e. The molecule has 0 radical (unpaired) electrons. The second kappa shape index (κ2) is 7.86. The molecule has 0 aliphatic heterocycles. The smallest absolute Gasteiger partial charge is 0.407 e. The predicted octanol–water partition coefficient (Wildman–Crippen LogP) is 3.89. The van der Waals surface area contributed by atoms with E-state index in [0.717, 1.165) is 25.7 Å². The lowest BCUT2D eigenvalue weighted by atomic mass is 9.91. The van der Waals surface area contributed by atoms with E-state index in [-0.39, 0.29) is 28.6 Å². The van der Waals surface area contributed by atoms with E-state index in [1.165, 1.54) is 12.3 Å². The van der Waals surface area contributed by atoms with Crippen molar-refractivity contribution in [1.82, 2.24) is 10.3 Å². The molecule has 1 saturated carbocycles. The van der Waals surface area contributed by atoms with Gasteiger partial charge in [-0.25, -0.2) is 9.78 Å². The molecule has 1 fully saturated rings. The van der Waals surface area contributed by atoms with Crippen LogP contribution in [0, 0.1) is 10.1 Å². The van der Waals surface area contributed by atoms with Gasteiger partial charge in [-0.3, -0.25) is 10.1 Å². The third kappa shape index (κ3) is 6.04. The zero-order valence-electron chi connectivity index (χ0n) is 14.5. The number of carbonyl (C=O) groups is 1. The second-order valence-corrected chi connectivity index (χ2v) is 7.55. The lowest BCUT2D eigenvalue weighted by Gasteiger charge is -2.30. The number of hydrogen-bond donors (Lipinski definition) is 2. The van der Waals surface area contributed by atoms with Gasteiger partial charge in [-0.15, -0.1) is 0 Å². The van der Waals surface area contributed by atoms with Gasteiger partial charge in [0.15, 0.2) is 0 Å². The van der Waals surface area contributed by atoms with Gasteiger partial charge < -0.3 is 15.4 Å². The fourth-order valence-electron chi connectivity index (χ4n) is 2.73. The van der Waals surface area contributed by atoms with Gasteiger partial charge in [-0.05, 0) is 46.5 Å². The van der Waals surface area contributed by atoms with Crippen LogP contribution in [0.5, 0.6) is 0 Å². The minimum atomic E-state index is -0.526. The molecule has 8 nitrogen and oxygen atoms in total. The molecule has 2 rings (SSSR count). The summed E-state index contributed by atoms with van der Waals surface area (Å²) in [5.74, 6) is 0.220. The second-order valence-electron chi connectivity index (χ2n) is 7.12. The Hall–Kier alpha value is -2.09. The number of carbonyl (C=O) groups excluding carboxylic acids is 1. The van der Waals surface area contributed by atoms with E-state index < -0.39 is 16.6 Å². The summed E-state index contributed by atoms with van der Waals surface area (Å²) in [6, 6.07) is 1.39. The first kappa shape index (κ1) is 19.2. The molecular weight excluding hydrogens is 348 g/mol. The van der Waals surface area contributed by atoms with Gasteiger partial charge in [-0.2, -0.15) is 0 Å². The zero-order chi connectivity index (χ0) is 18.6. The molecule has 1 aromatic rings. The third-order valence-electron chi connectivity index (χ3n) is 3.82. The number of hydrogen-bond acceptors (Lipinski definition) is 6. The van der Waals surface area contributed by atoms with Crippen LogP contribution in [0.15, 0.2) is 12.3 Å². The van der Waals surface area contributed by atoms with Gasteiger partial charge in [-0.1, -0.05) is 11.6 Å². The van der Waals surface area contributed by atoms with E-state index >= 15 is 0 Å². The highest BCUT2D eigenvalue weighted by molar-refractivity contribution is 6.30. The maximum absolute atomic E-state index is 11.8. The standard InChI is InChI=1S/C16H23ClN4O4/c1-16(2,3)25-15(22)20-12-6-4-11(5-7-12)19-14-13(21(23)24)8-10(17)9-18-14/h8-9,11-12H,4-7H2,1-3H3,(H,18,19)(H,20,22). The van der Waals surface area contributed by atoms with Crippen LogP contribution in [0.25, 0.3) is 0 Å². The number of pyridine rings is 1. The van der Waals surface area contributed by atoms with Crippen LogP contribution >= 0.6 is 11.6 Å². The van der Waals surface area contributed by atoms with Crippen LogP contribution in [0.2, 0.25) is 5.02 Å². The van der Waals surface area contributed by atoms with Crippen LogP contribution in [0.3, 0.4) is 0 Å². The Morgan fingerprint density at radius 1 is 1.32 bits per heavy atom. The first-order valence-electron chi connectivity index (χ1n) is 8.20. The van der Waals surface area contributed by atoms with Crippen molar-refractivity contribution < 1.29 is 14.5 Å². The van der Waals surface area contributed by atoms with E-state index in [0.29, 0.717) is 0 Å². The van der Waals surface area contributed by atoms with Crippen molar-refractivity contribution >= 4 is 29.2 Å². The van der Waals surface area contributed by atoms with E-state index in [1.807, 2.05) is 20.8 Å². The van der Waals surface area contributed by atoms with Crippen molar-refractivity contribution in [3.63, 3.8) is 0 Å². The fraction of sp³-hybridized carbons (Fsp3) is 0.625. The molecule has 0 bridgehead atoms. The molecule has 0 atom stereocenters. The van der Waals surface area contributed by atoms with Gasteiger partial charge in [0.25, 0.3) is 0 Å². The number of nitro groups is 1. The molecule has 9 heteroatoms. The summed E-state index contributed by atoms with van der Waals surface area (Å²) in [5.41, 5.74) is -0.663. The molecule has 1 aliphatic carbocycles. The van der Waals surface area contributed by atoms with E-state index in [1.54, 1.807) is 0 Å². The highest BCUT2D eigenvalue weighted by Crippen LogP contribution is 2.28. The van der Waals surface area contributed by atoms with Gasteiger partial charge in [0.05, 0.1) is 9.95 Å². The molecule has 2 N–H and O–H groups in total. The number of rotatable bonds is 4. The number of amides is 1. The van der Waals surface area contributed by atoms with Gasteiger partial charge in [0, 0.05) is 24.3 Å². The van der Waals surface area contributed by atoms with Crippen LogP contribution in [-0.2, 0) is 4.74 Å². The molecule has 0 saturated heterocycles. The molecule has 0 aromatic carbocycles. The number of ether oxygens (including phenoxy) is 1. The number of alkyl carbamates (subject to hydrolysis) is 1. The van der Waals surface area contributed by atoms with Crippen LogP contribution in [0.4, 0.5) is 16.3 Å². The summed E-state index contributed by atoms with van der Waals surface area (Å²) in [6.07, 6.45) is 4.02.